The van der Waals surface area contributed by atoms with Crippen LogP contribution in [0.4, 0.5) is 4.39 Å². The summed E-state index contributed by atoms with van der Waals surface area (Å²) >= 11 is 5.90. The molecule has 1 N–H and O–H groups in total. The van der Waals surface area contributed by atoms with Crippen LogP contribution in [0.5, 0.6) is 0 Å². The third-order valence-electron chi connectivity index (χ3n) is 6.02. The Balaban J connectivity index is 1.38. The van der Waals surface area contributed by atoms with Crippen molar-refractivity contribution in [3.8, 4) is 5.69 Å². The van der Waals surface area contributed by atoms with E-state index in [9.17, 15) is 18.8 Å². The zero-order valence-corrected chi connectivity index (χ0v) is 19.5. The van der Waals surface area contributed by atoms with Gasteiger partial charge in [0.05, 0.1) is 5.69 Å². The maximum Gasteiger partial charge on any atom is 0.351 e. The van der Waals surface area contributed by atoms with Crippen molar-refractivity contribution in [1.82, 2.24) is 24.6 Å². The third-order valence-corrected chi connectivity index (χ3v) is 6.27. The summed E-state index contributed by atoms with van der Waals surface area (Å²) in [5, 5.41) is 7.32. The van der Waals surface area contributed by atoms with Crippen molar-refractivity contribution in [3.05, 3.63) is 91.5 Å². The predicted octanol–water partition coefficient (Wildman–Crippen LogP) is 2.37. The van der Waals surface area contributed by atoms with Crippen molar-refractivity contribution in [2.45, 2.75) is 19.4 Å². The Labute approximate surface area is 200 Å². The highest BCUT2D eigenvalue weighted by atomic mass is 35.5. The minimum Gasteiger partial charge on any atom is -0.350 e. The minimum atomic E-state index is -0.752. The van der Waals surface area contributed by atoms with Gasteiger partial charge in [-0.05, 0) is 73.8 Å². The van der Waals surface area contributed by atoms with E-state index in [-0.39, 0.29) is 17.4 Å². The highest BCUT2D eigenvalue weighted by molar-refractivity contribution is 6.30. The maximum atomic E-state index is 13.4. The number of halogens is 2. The van der Waals surface area contributed by atoms with Gasteiger partial charge in [0.25, 0.3) is 11.5 Å². The summed E-state index contributed by atoms with van der Waals surface area (Å²) < 4.78 is 15.3. The molecule has 1 aliphatic rings. The van der Waals surface area contributed by atoms with Crippen molar-refractivity contribution in [2.24, 2.45) is 13.0 Å². The Morgan fingerprint density at radius 3 is 2.53 bits per heavy atom. The molecule has 0 atom stereocenters. The fourth-order valence-electron chi connectivity index (χ4n) is 4.03. The zero-order chi connectivity index (χ0) is 24.2. The summed E-state index contributed by atoms with van der Waals surface area (Å²) in [5.74, 6) is -0.610. The van der Waals surface area contributed by atoms with E-state index >= 15 is 0 Å². The van der Waals surface area contributed by atoms with Crippen LogP contribution in [0.1, 0.15) is 28.9 Å². The number of rotatable bonds is 6. The Morgan fingerprint density at radius 1 is 1.15 bits per heavy atom. The monoisotopic (exact) mass is 485 g/mol. The average Bonchev–Trinajstić information content (AvgIpc) is 2.83. The number of piperidine rings is 1. The number of likely N-dealkylation sites (tertiary alicyclic amines) is 1. The first-order chi connectivity index (χ1) is 16.3. The summed E-state index contributed by atoms with van der Waals surface area (Å²) in [6.07, 6.45) is 1.73. The third kappa shape index (κ3) is 5.43. The molecule has 1 aromatic heterocycles. The van der Waals surface area contributed by atoms with Gasteiger partial charge in [-0.1, -0.05) is 23.7 Å². The summed E-state index contributed by atoms with van der Waals surface area (Å²) in [6, 6.07) is 13.0. The molecule has 4 rings (SSSR count). The van der Waals surface area contributed by atoms with E-state index < -0.39 is 17.2 Å². The molecule has 0 radical (unpaired) electrons. The lowest BCUT2D eigenvalue weighted by Crippen LogP contribution is -2.45. The Hall–Kier alpha value is -3.30. The topological polar surface area (TPSA) is 89.2 Å². The number of carbonyl (C=O) groups is 1. The molecule has 1 amide bonds. The lowest BCUT2D eigenvalue weighted by Gasteiger charge is -2.32. The van der Waals surface area contributed by atoms with Gasteiger partial charge in [0.2, 0.25) is 5.69 Å². The molecule has 1 fully saturated rings. The van der Waals surface area contributed by atoms with Crippen molar-refractivity contribution in [1.29, 1.82) is 0 Å². The van der Waals surface area contributed by atoms with Crippen LogP contribution in [0.25, 0.3) is 5.69 Å². The Bertz CT molecular complexity index is 1300. The molecule has 178 valence electrons. The van der Waals surface area contributed by atoms with E-state index in [4.69, 9.17) is 11.6 Å². The summed E-state index contributed by atoms with van der Waals surface area (Å²) in [7, 11) is 1.31. The molecule has 2 aromatic carbocycles. The normalized spacial score (nSPS) is 14.8. The van der Waals surface area contributed by atoms with Crippen LogP contribution in [0.15, 0.2) is 58.1 Å². The first-order valence-corrected chi connectivity index (χ1v) is 11.4. The fraction of sp³-hybridized carbons (Fsp3) is 0.333. The van der Waals surface area contributed by atoms with Gasteiger partial charge in [0.15, 0.2) is 0 Å². The highest BCUT2D eigenvalue weighted by Gasteiger charge is 2.23. The molecule has 0 aliphatic carbocycles. The van der Waals surface area contributed by atoms with Crippen molar-refractivity contribution >= 4 is 17.5 Å². The lowest BCUT2D eigenvalue weighted by atomic mass is 9.96. The van der Waals surface area contributed by atoms with E-state index in [0.717, 1.165) is 40.7 Å². The van der Waals surface area contributed by atoms with Gasteiger partial charge in [-0.25, -0.2) is 9.18 Å². The van der Waals surface area contributed by atoms with Crippen molar-refractivity contribution in [3.63, 3.8) is 0 Å². The molecule has 0 saturated carbocycles. The van der Waals surface area contributed by atoms with Crippen LogP contribution in [0, 0.1) is 11.7 Å². The summed E-state index contributed by atoms with van der Waals surface area (Å²) in [5.41, 5.74) is -0.429. The Kier molecular flexibility index (Phi) is 7.23. The number of nitrogens with one attached hydrogen (secondary N) is 1. The highest BCUT2D eigenvalue weighted by Crippen LogP contribution is 2.19. The summed E-state index contributed by atoms with van der Waals surface area (Å²) in [6.45, 7) is 2.75. The fourth-order valence-corrected chi connectivity index (χ4v) is 4.16. The van der Waals surface area contributed by atoms with Gasteiger partial charge in [-0.15, -0.1) is 0 Å². The second-order valence-corrected chi connectivity index (χ2v) is 8.88. The van der Waals surface area contributed by atoms with E-state index in [1.54, 1.807) is 36.4 Å². The minimum absolute atomic E-state index is 0.239. The molecule has 3 aromatic rings. The predicted molar refractivity (Wildman–Crippen MR) is 127 cm³/mol. The van der Waals surface area contributed by atoms with Gasteiger partial charge in [-0.3, -0.25) is 19.1 Å². The molecule has 1 saturated heterocycles. The van der Waals surface area contributed by atoms with E-state index in [2.05, 4.69) is 15.3 Å². The van der Waals surface area contributed by atoms with Gasteiger partial charge in [0, 0.05) is 25.2 Å². The van der Waals surface area contributed by atoms with E-state index in [0.29, 0.717) is 23.8 Å². The first-order valence-electron chi connectivity index (χ1n) is 11.0. The van der Waals surface area contributed by atoms with Crippen LogP contribution >= 0.6 is 11.6 Å². The molecular formula is C24H25ClFN5O3. The number of hydrogen-bond acceptors (Lipinski definition) is 5. The number of benzene rings is 2. The molecule has 34 heavy (non-hydrogen) atoms. The molecule has 2 heterocycles. The number of amides is 1. The standard InChI is InChI=1S/C24H25ClFN5O3/c1-29-23(33)21(28-31(24(29)34)20-7-5-18(25)6-8-20)22(32)27-14-16-9-11-30(12-10-16)15-17-3-2-4-19(26)13-17/h2-8,13,16H,9-12,14-15H2,1H3,(H,27,32). The van der Waals surface area contributed by atoms with Crippen molar-refractivity contribution < 1.29 is 9.18 Å². The first kappa shape index (κ1) is 23.8. The number of aromatic nitrogens is 3. The molecule has 8 nitrogen and oxygen atoms in total. The molecule has 1 aliphatic heterocycles. The maximum absolute atomic E-state index is 13.4. The smallest absolute Gasteiger partial charge is 0.350 e. The second-order valence-electron chi connectivity index (χ2n) is 8.44. The SMILES string of the molecule is Cn1c(=O)c(C(=O)NCC2CCN(Cc3cccc(F)c3)CC2)nn(-c2ccc(Cl)cc2)c1=O. The number of hydrogen-bond donors (Lipinski definition) is 1. The van der Waals surface area contributed by atoms with Gasteiger partial charge >= 0.3 is 5.69 Å². The molecule has 0 bridgehead atoms. The van der Waals surface area contributed by atoms with Crippen LogP contribution in [0.2, 0.25) is 5.02 Å². The lowest BCUT2D eigenvalue weighted by molar-refractivity contribution is 0.0925. The molecular weight excluding hydrogens is 461 g/mol. The van der Waals surface area contributed by atoms with Gasteiger partial charge in [-0.2, -0.15) is 9.78 Å². The van der Waals surface area contributed by atoms with E-state index in [1.807, 2.05) is 6.07 Å². The summed E-state index contributed by atoms with van der Waals surface area (Å²) in [4.78, 5) is 40.1. The van der Waals surface area contributed by atoms with E-state index in [1.165, 1.54) is 13.1 Å². The van der Waals surface area contributed by atoms with Crippen LogP contribution in [-0.4, -0.2) is 44.8 Å². The zero-order valence-electron chi connectivity index (χ0n) is 18.7. The van der Waals surface area contributed by atoms with Crippen LogP contribution in [0.3, 0.4) is 0 Å². The quantitative estimate of drug-likeness (QED) is 0.579. The van der Waals surface area contributed by atoms with Crippen LogP contribution < -0.4 is 16.6 Å². The molecule has 10 heteroatoms. The van der Waals surface area contributed by atoms with Gasteiger partial charge < -0.3 is 5.32 Å². The largest absolute Gasteiger partial charge is 0.351 e. The number of nitrogens with zero attached hydrogens (tertiary/aromatic N) is 4. The average molecular weight is 486 g/mol. The van der Waals surface area contributed by atoms with Crippen molar-refractivity contribution in [2.75, 3.05) is 19.6 Å². The number of carbonyl (C=O) groups excluding carboxylic acids is 1. The Morgan fingerprint density at radius 2 is 1.85 bits per heavy atom. The molecule has 0 spiro atoms. The van der Waals surface area contributed by atoms with Gasteiger partial charge in [0.1, 0.15) is 5.82 Å². The second kappa shape index (κ2) is 10.3. The molecule has 0 unspecified atom stereocenters. The van der Waals surface area contributed by atoms with Crippen LogP contribution in [-0.2, 0) is 13.6 Å².